The number of hydrogen-bond acceptors (Lipinski definition) is 7. The highest BCUT2D eigenvalue weighted by atomic mass is 32.2. The second-order valence-corrected chi connectivity index (χ2v) is 10.4. The quantitative estimate of drug-likeness (QED) is 0.638. The second kappa shape index (κ2) is 9.66. The van der Waals surface area contributed by atoms with Gasteiger partial charge in [-0.25, -0.2) is 8.42 Å². The Morgan fingerprint density at radius 2 is 1.78 bits per heavy atom. The van der Waals surface area contributed by atoms with Crippen LogP contribution in [0.2, 0.25) is 0 Å². The molecule has 4 rings (SSSR count). The van der Waals surface area contributed by atoms with Gasteiger partial charge in [0, 0.05) is 18.7 Å². The zero-order valence-corrected chi connectivity index (χ0v) is 19.1. The molecule has 9 nitrogen and oxygen atoms in total. The molecule has 176 valence electrons. The molecule has 1 saturated heterocycles. The number of amides is 1. The molecule has 2 atom stereocenters. The molecular formula is C22H30N2O7S. The molecule has 1 N–H and O–H groups in total. The van der Waals surface area contributed by atoms with Gasteiger partial charge in [0.1, 0.15) is 19.3 Å². The highest BCUT2D eigenvalue weighted by Crippen LogP contribution is 2.35. The first-order valence-electron chi connectivity index (χ1n) is 11.3. The van der Waals surface area contributed by atoms with Crippen molar-refractivity contribution in [1.29, 1.82) is 0 Å². The van der Waals surface area contributed by atoms with E-state index < -0.39 is 28.1 Å². The predicted octanol–water partition coefficient (Wildman–Crippen LogP) is 1.99. The molecule has 2 fully saturated rings. The largest absolute Gasteiger partial charge is 0.486 e. The van der Waals surface area contributed by atoms with Gasteiger partial charge < -0.3 is 19.5 Å². The van der Waals surface area contributed by atoms with Gasteiger partial charge in [-0.15, -0.1) is 0 Å². The number of nitrogens with zero attached hydrogens (tertiary/aromatic N) is 1. The molecular weight excluding hydrogens is 436 g/mol. The molecule has 1 aromatic carbocycles. The Hall–Kier alpha value is -2.33. The molecule has 32 heavy (non-hydrogen) atoms. The van der Waals surface area contributed by atoms with Crippen LogP contribution < -0.4 is 14.8 Å². The van der Waals surface area contributed by atoms with Crippen molar-refractivity contribution in [1.82, 2.24) is 9.62 Å². The summed E-state index contributed by atoms with van der Waals surface area (Å²) in [5, 5.41) is 2.94. The van der Waals surface area contributed by atoms with Crippen LogP contribution in [-0.2, 0) is 24.3 Å². The normalized spacial score (nSPS) is 22.8. The van der Waals surface area contributed by atoms with E-state index in [1.807, 2.05) is 0 Å². The molecule has 10 heteroatoms. The van der Waals surface area contributed by atoms with Crippen LogP contribution in [0.25, 0.3) is 0 Å². The summed E-state index contributed by atoms with van der Waals surface area (Å²) in [6.07, 6.45) is 5.08. The maximum absolute atomic E-state index is 13.3. The highest BCUT2D eigenvalue weighted by molar-refractivity contribution is 7.89. The summed E-state index contributed by atoms with van der Waals surface area (Å²) < 4.78 is 44.0. The first kappa shape index (κ1) is 22.8. The molecule has 1 amide bonds. The van der Waals surface area contributed by atoms with Gasteiger partial charge >= 0.3 is 5.97 Å². The first-order valence-corrected chi connectivity index (χ1v) is 12.7. The van der Waals surface area contributed by atoms with E-state index in [9.17, 15) is 18.0 Å². The summed E-state index contributed by atoms with van der Waals surface area (Å²) in [4.78, 5) is 25.3. The topological polar surface area (TPSA) is 111 Å². The molecule has 0 aromatic heterocycles. The molecule has 1 aromatic rings. The first-order chi connectivity index (χ1) is 15.4. The van der Waals surface area contributed by atoms with Crippen molar-refractivity contribution in [2.45, 2.75) is 75.0 Å². The summed E-state index contributed by atoms with van der Waals surface area (Å²) in [7, 11) is -3.95. The van der Waals surface area contributed by atoms with E-state index in [4.69, 9.17) is 14.2 Å². The number of rotatable bonds is 6. The monoisotopic (exact) mass is 466 g/mol. The number of ether oxygens (including phenoxy) is 3. The number of esters is 1. The third-order valence-electron chi connectivity index (χ3n) is 6.21. The third-order valence-corrected chi connectivity index (χ3v) is 8.11. The number of benzene rings is 1. The maximum atomic E-state index is 13.3. The molecule has 3 aliphatic rings. The molecule has 0 bridgehead atoms. The van der Waals surface area contributed by atoms with Gasteiger partial charge in [-0.2, -0.15) is 4.31 Å². The van der Waals surface area contributed by atoms with Crippen LogP contribution in [0.3, 0.4) is 0 Å². The van der Waals surface area contributed by atoms with E-state index in [2.05, 4.69) is 5.32 Å². The number of fused-ring (bicyclic) bond motifs is 1. The minimum Gasteiger partial charge on any atom is -0.486 e. The van der Waals surface area contributed by atoms with Crippen molar-refractivity contribution < 1.29 is 32.2 Å². The van der Waals surface area contributed by atoms with Gasteiger partial charge in [-0.3, -0.25) is 9.59 Å². The maximum Gasteiger partial charge on any atom is 0.325 e. The van der Waals surface area contributed by atoms with E-state index in [-0.39, 0.29) is 23.4 Å². The van der Waals surface area contributed by atoms with Crippen LogP contribution >= 0.6 is 0 Å². The number of carbonyl (C=O) groups excluding carboxylic acids is 2. The Kier molecular flexibility index (Phi) is 6.90. The van der Waals surface area contributed by atoms with E-state index in [0.717, 1.165) is 30.0 Å². The van der Waals surface area contributed by atoms with Crippen LogP contribution in [-0.4, -0.2) is 62.5 Å². The lowest BCUT2D eigenvalue weighted by atomic mass is 9.95. The Morgan fingerprint density at radius 1 is 1.06 bits per heavy atom. The predicted molar refractivity (Wildman–Crippen MR) is 115 cm³/mol. The summed E-state index contributed by atoms with van der Waals surface area (Å²) in [6, 6.07) is 3.57. The fourth-order valence-corrected chi connectivity index (χ4v) is 6.12. The molecule has 2 heterocycles. The van der Waals surface area contributed by atoms with E-state index >= 15 is 0 Å². The van der Waals surface area contributed by atoms with Crippen molar-refractivity contribution in [3.8, 4) is 11.5 Å². The fourth-order valence-electron chi connectivity index (χ4n) is 4.45. The number of hydrogen-bond donors (Lipinski definition) is 1. The Balaban J connectivity index is 1.42. The van der Waals surface area contributed by atoms with Crippen molar-refractivity contribution in [2.75, 3.05) is 19.8 Å². The Morgan fingerprint density at radius 3 is 2.53 bits per heavy atom. The van der Waals surface area contributed by atoms with E-state index in [1.165, 1.54) is 25.5 Å². The van der Waals surface area contributed by atoms with Crippen LogP contribution in [0.1, 0.15) is 51.9 Å². The zero-order valence-electron chi connectivity index (χ0n) is 18.2. The lowest BCUT2D eigenvalue weighted by Crippen LogP contribution is -2.46. The van der Waals surface area contributed by atoms with Gasteiger partial charge in [-0.1, -0.05) is 19.3 Å². The van der Waals surface area contributed by atoms with Crippen molar-refractivity contribution >= 4 is 21.9 Å². The summed E-state index contributed by atoms with van der Waals surface area (Å²) in [5.74, 6) is -0.187. The molecule has 1 saturated carbocycles. The standard InChI is InChI=1S/C22H30N2O7S/c1-15(21(25)23-16-6-3-2-4-7-16)31-22(26)18-8-5-11-24(18)32(27,28)17-9-10-19-20(14-17)30-13-12-29-19/h9-10,14-16,18H,2-8,11-13H2,1H3,(H,23,25)/t15-,18-/m1/s1. The van der Waals surface area contributed by atoms with Gasteiger partial charge in [0.2, 0.25) is 10.0 Å². The van der Waals surface area contributed by atoms with Crippen LogP contribution in [0.15, 0.2) is 23.1 Å². The second-order valence-electron chi connectivity index (χ2n) is 8.50. The summed E-state index contributed by atoms with van der Waals surface area (Å²) >= 11 is 0. The van der Waals surface area contributed by atoms with Crippen LogP contribution in [0.5, 0.6) is 11.5 Å². The van der Waals surface area contributed by atoms with E-state index in [1.54, 1.807) is 6.07 Å². The van der Waals surface area contributed by atoms with E-state index in [0.29, 0.717) is 37.6 Å². The fraction of sp³-hybridized carbons (Fsp3) is 0.636. The van der Waals surface area contributed by atoms with Gasteiger partial charge in [0.15, 0.2) is 17.6 Å². The smallest absolute Gasteiger partial charge is 0.325 e. The van der Waals surface area contributed by atoms with Crippen molar-refractivity contribution in [3.63, 3.8) is 0 Å². The van der Waals surface area contributed by atoms with Crippen molar-refractivity contribution in [2.24, 2.45) is 0 Å². The van der Waals surface area contributed by atoms with Gasteiger partial charge in [0.25, 0.3) is 5.91 Å². The molecule has 0 spiro atoms. The van der Waals surface area contributed by atoms with Crippen LogP contribution in [0, 0.1) is 0 Å². The third kappa shape index (κ3) is 4.85. The SMILES string of the molecule is C[C@@H](OC(=O)[C@H]1CCCN1S(=O)(=O)c1ccc2c(c1)OCCO2)C(=O)NC1CCCCC1. The Labute approximate surface area is 188 Å². The van der Waals surface area contributed by atoms with Gasteiger partial charge in [0.05, 0.1) is 4.90 Å². The van der Waals surface area contributed by atoms with Crippen molar-refractivity contribution in [3.05, 3.63) is 18.2 Å². The lowest BCUT2D eigenvalue weighted by molar-refractivity contribution is -0.158. The average Bonchev–Trinajstić information content (AvgIpc) is 3.30. The zero-order chi connectivity index (χ0) is 22.7. The molecule has 1 aliphatic carbocycles. The number of nitrogens with one attached hydrogen (secondary N) is 1. The number of carbonyl (C=O) groups is 2. The highest BCUT2D eigenvalue weighted by Gasteiger charge is 2.41. The minimum atomic E-state index is -3.95. The summed E-state index contributed by atoms with van der Waals surface area (Å²) in [5.41, 5.74) is 0. The molecule has 0 radical (unpaired) electrons. The average molecular weight is 467 g/mol. The number of sulfonamides is 1. The van der Waals surface area contributed by atoms with Crippen LogP contribution in [0.4, 0.5) is 0 Å². The van der Waals surface area contributed by atoms with Gasteiger partial charge in [-0.05, 0) is 44.7 Å². The molecule has 0 unspecified atom stereocenters. The summed E-state index contributed by atoms with van der Waals surface area (Å²) in [6.45, 7) is 2.48. The molecule has 2 aliphatic heterocycles. The Bertz CT molecular complexity index is 959. The minimum absolute atomic E-state index is 0.0320. The lowest BCUT2D eigenvalue weighted by Gasteiger charge is -2.26.